The lowest BCUT2D eigenvalue weighted by Crippen LogP contribution is -2.11. The first-order valence-electron chi connectivity index (χ1n) is 4.26. The minimum absolute atomic E-state index is 0.00699. The second-order valence-corrected chi connectivity index (χ2v) is 3.37. The van der Waals surface area contributed by atoms with Crippen molar-refractivity contribution >= 4 is 11.6 Å². The number of hydrogen-bond donors (Lipinski definition) is 1. The number of aliphatic hydroxyl groups excluding tert-OH is 1. The van der Waals surface area contributed by atoms with Gasteiger partial charge in [-0.2, -0.15) is 13.2 Å². The second kappa shape index (κ2) is 6.49. The fourth-order valence-corrected chi connectivity index (χ4v) is 1.15. The lowest BCUT2D eigenvalue weighted by atomic mass is 10.1. The van der Waals surface area contributed by atoms with Crippen molar-refractivity contribution in [3.63, 3.8) is 0 Å². The van der Waals surface area contributed by atoms with Crippen LogP contribution in [0.5, 0.6) is 0 Å². The molecule has 0 fully saturated rings. The number of halogens is 4. The summed E-state index contributed by atoms with van der Waals surface area (Å²) in [7, 11) is 0. The van der Waals surface area contributed by atoms with Crippen LogP contribution in [0.4, 0.5) is 13.2 Å². The molecule has 0 aliphatic heterocycles. The Bertz CT molecular complexity index is 127. The van der Waals surface area contributed by atoms with E-state index in [1.54, 1.807) is 0 Å². The normalized spacial score (nSPS) is 14.5. The smallest absolute Gasteiger partial charge is 0.389 e. The van der Waals surface area contributed by atoms with Crippen LogP contribution in [-0.4, -0.2) is 23.3 Å². The van der Waals surface area contributed by atoms with Gasteiger partial charge in [-0.1, -0.05) is 0 Å². The van der Waals surface area contributed by atoms with Crippen molar-refractivity contribution in [1.29, 1.82) is 0 Å². The van der Waals surface area contributed by atoms with E-state index in [1.165, 1.54) is 0 Å². The summed E-state index contributed by atoms with van der Waals surface area (Å²) in [5, 5.41) is 9.15. The van der Waals surface area contributed by atoms with E-state index in [0.29, 0.717) is 18.7 Å². The molecule has 0 rings (SSSR count). The molecule has 0 radical (unpaired) electrons. The molecule has 0 aliphatic rings. The van der Waals surface area contributed by atoms with Crippen molar-refractivity contribution in [2.75, 3.05) is 5.88 Å². The Kier molecular flexibility index (Phi) is 6.51. The average molecular weight is 219 g/mol. The zero-order chi connectivity index (χ0) is 10.3. The summed E-state index contributed by atoms with van der Waals surface area (Å²) in [5.41, 5.74) is 0. The van der Waals surface area contributed by atoms with E-state index < -0.39 is 18.7 Å². The maximum absolute atomic E-state index is 11.7. The first-order valence-corrected chi connectivity index (χ1v) is 4.80. The molecule has 5 heteroatoms. The summed E-state index contributed by atoms with van der Waals surface area (Å²) in [6, 6.07) is 0. The van der Waals surface area contributed by atoms with Crippen LogP contribution in [0.3, 0.4) is 0 Å². The molecule has 0 aromatic heterocycles. The van der Waals surface area contributed by atoms with Gasteiger partial charge in [0.2, 0.25) is 0 Å². The van der Waals surface area contributed by atoms with Crippen molar-refractivity contribution in [3.8, 4) is 0 Å². The van der Waals surface area contributed by atoms with Crippen LogP contribution in [0, 0.1) is 0 Å². The molecule has 0 spiro atoms. The van der Waals surface area contributed by atoms with E-state index in [2.05, 4.69) is 0 Å². The Morgan fingerprint density at radius 1 is 1.15 bits per heavy atom. The molecule has 13 heavy (non-hydrogen) atoms. The molecule has 0 saturated heterocycles. The highest BCUT2D eigenvalue weighted by molar-refractivity contribution is 6.17. The highest BCUT2D eigenvalue weighted by Gasteiger charge is 2.26. The minimum atomic E-state index is -4.10. The average Bonchev–Trinajstić information content (AvgIpc) is 1.98. The predicted molar refractivity (Wildman–Crippen MR) is 45.9 cm³/mol. The molecule has 0 amide bonds. The van der Waals surface area contributed by atoms with Crippen molar-refractivity contribution in [2.24, 2.45) is 0 Å². The van der Waals surface area contributed by atoms with Gasteiger partial charge in [0.1, 0.15) is 0 Å². The van der Waals surface area contributed by atoms with Crippen LogP contribution >= 0.6 is 11.6 Å². The highest BCUT2D eigenvalue weighted by atomic mass is 35.5. The van der Waals surface area contributed by atoms with Crippen LogP contribution in [0.1, 0.15) is 32.1 Å². The number of alkyl halides is 4. The first kappa shape index (κ1) is 13.0. The Hall–Kier alpha value is 0.0400. The van der Waals surface area contributed by atoms with Crippen molar-refractivity contribution in [1.82, 2.24) is 0 Å². The summed E-state index contributed by atoms with van der Waals surface area (Å²) < 4.78 is 35.0. The maximum atomic E-state index is 11.7. The second-order valence-electron chi connectivity index (χ2n) is 2.99. The number of aliphatic hydroxyl groups is 1. The Morgan fingerprint density at radius 3 is 2.15 bits per heavy atom. The van der Waals surface area contributed by atoms with Gasteiger partial charge in [-0.25, -0.2) is 0 Å². The Labute approximate surface area is 80.9 Å². The molecule has 0 saturated carbocycles. The predicted octanol–water partition coefficient (Wildman–Crippen LogP) is 3.10. The van der Waals surface area contributed by atoms with Gasteiger partial charge < -0.3 is 5.11 Å². The summed E-state index contributed by atoms with van der Waals surface area (Å²) in [6.07, 6.45) is -4.22. The van der Waals surface area contributed by atoms with Crippen LogP contribution in [-0.2, 0) is 0 Å². The SMILES string of the molecule is OC(CCCCl)CCCC(F)(F)F. The van der Waals surface area contributed by atoms with Crippen LogP contribution in [0.2, 0.25) is 0 Å². The van der Waals surface area contributed by atoms with Crippen LogP contribution in [0.25, 0.3) is 0 Å². The van der Waals surface area contributed by atoms with E-state index in [1.807, 2.05) is 0 Å². The molecule has 1 atom stereocenters. The minimum Gasteiger partial charge on any atom is -0.393 e. The van der Waals surface area contributed by atoms with E-state index >= 15 is 0 Å². The maximum Gasteiger partial charge on any atom is 0.389 e. The van der Waals surface area contributed by atoms with Gasteiger partial charge in [0, 0.05) is 12.3 Å². The lowest BCUT2D eigenvalue weighted by molar-refractivity contribution is -0.136. The molecule has 1 unspecified atom stereocenters. The molecule has 80 valence electrons. The van der Waals surface area contributed by atoms with E-state index in [9.17, 15) is 13.2 Å². The third-order valence-corrected chi connectivity index (χ3v) is 1.94. The molecule has 0 aromatic carbocycles. The van der Waals surface area contributed by atoms with E-state index in [-0.39, 0.29) is 12.8 Å². The van der Waals surface area contributed by atoms with Crippen molar-refractivity contribution in [2.45, 2.75) is 44.4 Å². The highest BCUT2D eigenvalue weighted by Crippen LogP contribution is 2.23. The van der Waals surface area contributed by atoms with E-state index in [0.717, 1.165) is 0 Å². The van der Waals surface area contributed by atoms with Gasteiger partial charge in [-0.05, 0) is 25.7 Å². The summed E-state index contributed by atoms with van der Waals surface area (Å²) >= 11 is 5.36. The van der Waals surface area contributed by atoms with Gasteiger partial charge in [0.05, 0.1) is 6.10 Å². The quantitative estimate of drug-likeness (QED) is 0.680. The number of rotatable bonds is 6. The molecule has 1 N–H and O–H groups in total. The molecular formula is C8H14ClF3O. The summed E-state index contributed by atoms with van der Waals surface area (Å²) in [4.78, 5) is 0. The summed E-state index contributed by atoms with van der Waals surface area (Å²) in [5.74, 6) is 0.441. The van der Waals surface area contributed by atoms with Gasteiger partial charge in [-0.3, -0.25) is 0 Å². The van der Waals surface area contributed by atoms with E-state index in [4.69, 9.17) is 16.7 Å². The lowest BCUT2D eigenvalue weighted by Gasteiger charge is -2.10. The zero-order valence-corrected chi connectivity index (χ0v) is 8.03. The monoisotopic (exact) mass is 218 g/mol. The summed E-state index contributed by atoms with van der Waals surface area (Å²) in [6.45, 7) is 0. The van der Waals surface area contributed by atoms with Gasteiger partial charge in [-0.15, -0.1) is 11.6 Å². The zero-order valence-electron chi connectivity index (χ0n) is 7.28. The van der Waals surface area contributed by atoms with Crippen LogP contribution < -0.4 is 0 Å². The molecular weight excluding hydrogens is 205 g/mol. The third-order valence-electron chi connectivity index (χ3n) is 1.67. The molecule has 0 heterocycles. The van der Waals surface area contributed by atoms with Gasteiger partial charge >= 0.3 is 6.18 Å². The van der Waals surface area contributed by atoms with Gasteiger partial charge in [0.25, 0.3) is 0 Å². The Balaban J connectivity index is 3.31. The van der Waals surface area contributed by atoms with Gasteiger partial charge in [0.15, 0.2) is 0 Å². The Morgan fingerprint density at radius 2 is 1.69 bits per heavy atom. The molecule has 0 bridgehead atoms. The topological polar surface area (TPSA) is 20.2 Å². The largest absolute Gasteiger partial charge is 0.393 e. The third kappa shape index (κ3) is 9.96. The fraction of sp³-hybridized carbons (Fsp3) is 1.00. The fourth-order valence-electron chi connectivity index (χ4n) is 0.995. The van der Waals surface area contributed by atoms with Crippen LogP contribution in [0.15, 0.2) is 0 Å². The van der Waals surface area contributed by atoms with Crippen molar-refractivity contribution in [3.05, 3.63) is 0 Å². The molecule has 1 nitrogen and oxygen atoms in total. The standard InChI is InChI=1S/C8H14ClF3O/c9-6-2-4-7(13)3-1-5-8(10,11)12/h7,13H,1-6H2. The number of hydrogen-bond acceptors (Lipinski definition) is 1. The molecule has 0 aromatic rings. The first-order chi connectivity index (χ1) is 5.95. The molecule has 0 aliphatic carbocycles. The van der Waals surface area contributed by atoms with Crippen molar-refractivity contribution < 1.29 is 18.3 Å².